The molecule has 1 N–H and O–H groups in total. The molecule has 0 radical (unpaired) electrons. The van der Waals surface area contributed by atoms with Crippen molar-refractivity contribution in [2.24, 2.45) is 0 Å². The molecule has 16 heavy (non-hydrogen) atoms. The van der Waals surface area contributed by atoms with Gasteiger partial charge in [0.1, 0.15) is 5.82 Å². The van der Waals surface area contributed by atoms with Crippen LogP contribution in [0.25, 0.3) is 0 Å². The molecule has 0 aromatic carbocycles. The molecule has 1 aromatic heterocycles. The molecule has 1 heterocycles. The van der Waals surface area contributed by atoms with Crippen molar-refractivity contribution in [3.63, 3.8) is 0 Å². The van der Waals surface area contributed by atoms with Crippen LogP contribution in [-0.4, -0.2) is 29.3 Å². The molecule has 0 spiro atoms. The minimum absolute atomic E-state index is 0. The zero-order valence-electron chi connectivity index (χ0n) is 9.40. The monoisotopic (exact) mass is 266 g/mol. The molecule has 1 aliphatic rings. The third-order valence-corrected chi connectivity index (χ3v) is 3.38. The van der Waals surface area contributed by atoms with E-state index in [2.05, 4.69) is 4.98 Å². The van der Waals surface area contributed by atoms with Crippen LogP contribution >= 0.6 is 11.6 Å². The van der Waals surface area contributed by atoms with Gasteiger partial charge in [0.05, 0.1) is 10.6 Å². The fourth-order valence-corrected chi connectivity index (χ4v) is 1.91. The van der Waals surface area contributed by atoms with Crippen LogP contribution in [0.5, 0.6) is 0 Å². The molecule has 6 heteroatoms. The first-order valence-corrected chi connectivity index (χ1v) is 5.55. The molecule has 0 aliphatic heterocycles. The van der Waals surface area contributed by atoms with E-state index < -0.39 is 5.60 Å². The summed E-state index contributed by atoms with van der Waals surface area (Å²) in [6, 6.07) is 1.70. The molecule has 1 aliphatic carbocycles. The summed E-state index contributed by atoms with van der Waals surface area (Å²) in [6.45, 7) is 0.554. The maximum Gasteiger partial charge on any atom is 1.00 e. The number of hydrogen-bond acceptors (Lipinski definition) is 4. The Morgan fingerprint density at radius 2 is 2.25 bits per heavy atom. The molecular weight excluding hydrogens is 255 g/mol. The fraction of sp³-hybridized carbons (Fsp3) is 0.500. The van der Waals surface area contributed by atoms with Gasteiger partial charge in [-0.1, -0.05) is 17.7 Å². The summed E-state index contributed by atoms with van der Waals surface area (Å²) in [6.07, 6.45) is 3.34. The van der Waals surface area contributed by atoms with Crippen molar-refractivity contribution in [1.82, 2.24) is 4.98 Å². The molecule has 0 bridgehead atoms. The van der Waals surface area contributed by atoms with E-state index in [1.807, 2.05) is 11.9 Å². The summed E-state index contributed by atoms with van der Waals surface area (Å²) in [5.41, 5.74) is -0.544. The van der Waals surface area contributed by atoms with Gasteiger partial charge in [-0.2, -0.15) is 4.90 Å². The number of rotatable bonds is 3. The van der Waals surface area contributed by atoms with Gasteiger partial charge in [-0.3, -0.25) is 0 Å². The molecule has 0 unspecified atom stereocenters. The van der Waals surface area contributed by atoms with Crippen LogP contribution in [0.1, 0.15) is 12.8 Å². The molecule has 1 aromatic rings. The summed E-state index contributed by atoms with van der Waals surface area (Å²) in [5.74, 6) is 0.643. The number of halogens is 1. The van der Waals surface area contributed by atoms with Gasteiger partial charge in [0.2, 0.25) is 0 Å². The van der Waals surface area contributed by atoms with Crippen LogP contribution in [-0.2, 0) is 12.6 Å². The molecule has 0 amide bonds. The van der Waals surface area contributed by atoms with Crippen LogP contribution in [0.15, 0.2) is 17.2 Å². The van der Waals surface area contributed by atoms with Crippen molar-refractivity contribution in [2.75, 3.05) is 18.5 Å². The normalized spacial score (nSPS) is 16.4. The van der Waals surface area contributed by atoms with Crippen LogP contribution in [0.3, 0.4) is 0 Å². The first kappa shape index (κ1) is 14.5. The summed E-state index contributed by atoms with van der Waals surface area (Å²) in [5, 5.41) is 10.3. The van der Waals surface area contributed by atoms with E-state index in [1.165, 1.54) is 0 Å². The molecule has 82 valence electrons. The number of likely N-dealkylation sites (N-methyl/N-ethyl adjacent to an activating group) is 1. The van der Waals surface area contributed by atoms with Crippen molar-refractivity contribution in [1.29, 1.82) is 0 Å². The smallest absolute Gasteiger partial charge is 0.778 e. The van der Waals surface area contributed by atoms with Crippen LogP contribution in [0.2, 0.25) is 5.02 Å². The van der Waals surface area contributed by atoms with E-state index in [-0.39, 0.29) is 29.6 Å². The maximum absolute atomic E-state index is 9.78. The topological polar surface area (TPSA) is 36.4 Å². The van der Waals surface area contributed by atoms with Crippen molar-refractivity contribution in [2.45, 2.75) is 23.3 Å². The van der Waals surface area contributed by atoms with Crippen LogP contribution in [0.4, 0.5) is 5.82 Å². The molecule has 3 nitrogen and oxygen atoms in total. The molecule has 0 saturated heterocycles. The Morgan fingerprint density at radius 3 is 2.81 bits per heavy atom. The minimum Gasteiger partial charge on any atom is -0.778 e. The van der Waals surface area contributed by atoms with Gasteiger partial charge in [0.25, 0.3) is 0 Å². The van der Waals surface area contributed by atoms with Gasteiger partial charge >= 0.3 is 29.6 Å². The maximum atomic E-state index is 9.78. The largest absolute Gasteiger partial charge is 1.00 e. The number of aliphatic hydroxyl groups is 1. The van der Waals surface area contributed by atoms with Gasteiger partial charge in [0.15, 0.2) is 0 Å². The number of pyridine rings is 1. The Bertz CT molecular complexity index is 387. The average molecular weight is 267 g/mol. The standard InChI is InChI=1S/C10H13ClN2OS.Na/c1-13(6-10(14)3-4-10)9-8(11)7(15)2-5-12-9;/h2,5,14H,3-4,6H2,1H3,(H,12,15);/q;+1/p-1. The predicted octanol–water partition coefficient (Wildman–Crippen LogP) is -1.39. The van der Waals surface area contributed by atoms with E-state index in [4.69, 9.17) is 24.2 Å². The number of hydrogen-bond donors (Lipinski definition) is 1. The van der Waals surface area contributed by atoms with Gasteiger partial charge in [-0.15, -0.1) is 0 Å². The first-order chi connectivity index (χ1) is 7.02. The Balaban J connectivity index is 0.00000128. The van der Waals surface area contributed by atoms with Crippen molar-refractivity contribution in [3.05, 3.63) is 17.3 Å². The van der Waals surface area contributed by atoms with Crippen LogP contribution in [0, 0.1) is 0 Å². The summed E-state index contributed by atoms with van der Waals surface area (Å²) >= 11 is 11.1. The molecule has 1 saturated carbocycles. The molecule has 2 rings (SSSR count). The number of aromatic nitrogens is 1. The number of anilines is 1. The Hall–Kier alpha value is 0.420. The molecular formula is C10H12ClN2NaOS. The predicted molar refractivity (Wildman–Crippen MR) is 62.3 cm³/mol. The SMILES string of the molecule is CN(CC1(O)CC1)c1nccc([S-])c1Cl.[Na+]. The summed E-state index contributed by atoms with van der Waals surface area (Å²) < 4.78 is 0. The summed E-state index contributed by atoms with van der Waals surface area (Å²) in [4.78, 5) is 6.61. The van der Waals surface area contributed by atoms with Crippen molar-refractivity contribution < 1.29 is 34.7 Å². The molecule has 0 atom stereocenters. The second kappa shape index (κ2) is 5.38. The third kappa shape index (κ3) is 3.22. The third-order valence-electron chi connectivity index (χ3n) is 2.56. The molecule has 1 fully saturated rings. The van der Waals surface area contributed by atoms with Gasteiger partial charge < -0.3 is 22.6 Å². The van der Waals surface area contributed by atoms with E-state index in [9.17, 15) is 5.11 Å². The van der Waals surface area contributed by atoms with Crippen LogP contribution < -0.4 is 34.5 Å². The fourth-order valence-electron chi connectivity index (χ4n) is 1.50. The Kier molecular flexibility index (Phi) is 4.87. The second-order valence-electron chi connectivity index (χ2n) is 4.03. The van der Waals surface area contributed by atoms with Crippen molar-refractivity contribution >= 4 is 30.0 Å². The second-order valence-corrected chi connectivity index (χ2v) is 4.84. The first-order valence-electron chi connectivity index (χ1n) is 4.77. The van der Waals surface area contributed by atoms with E-state index in [0.29, 0.717) is 22.3 Å². The average Bonchev–Trinajstić information content (AvgIpc) is 2.88. The number of nitrogens with zero attached hydrogens (tertiary/aromatic N) is 2. The summed E-state index contributed by atoms with van der Waals surface area (Å²) in [7, 11) is 1.86. The Labute approximate surface area is 128 Å². The zero-order valence-corrected chi connectivity index (χ0v) is 13.0. The quantitative estimate of drug-likeness (QED) is 0.540. The zero-order chi connectivity index (χ0) is 11.1. The minimum atomic E-state index is -0.544. The van der Waals surface area contributed by atoms with E-state index >= 15 is 0 Å². The van der Waals surface area contributed by atoms with E-state index in [1.54, 1.807) is 12.3 Å². The van der Waals surface area contributed by atoms with E-state index in [0.717, 1.165) is 12.8 Å². The van der Waals surface area contributed by atoms with Gasteiger partial charge in [-0.05, 0) is 12.8 Å². The van der Waals surface area contributed by atoms with Gasteiger partial charge in [0, 0.05) is 19.8 Å². The Morgan fingerprint density at radius 1 is 1.62 bits per heavy atom. The van der Waals surface area contributed by atoms with Gasteiger partial charge in [-0.25, -0.2) is 4.98 Å². The van der Waals surface area contributed by atoms with Crippen molar-refractivity contribution in [3.8, 4) is 0 Å².